The SMILES string of the molecule is CC(=O)OC(C)(C)C1CCC2(C)CCC=C(C)C2C1. The van der Waals surface area contributed by atoms with Gasteiger partial charge in [-0.25, -0.2) is 0 Å². The summed E-state index contributed by atoms with van der Waals surface area (Å²) < 4.78 is 5.57. The molecule has 0 bridgehead atoms. The summed E-state index contributed by atoms with van der Waals surface area (Å²) in [5.74, 6) is 1.00. The Bertz CT molecular complexity index is 394. The van der Waals surface area contributed by atoms with E-state index in [-0.39, 0.29) is 11.6 Å². The third kappa shape index (κ3) is 2.88. The molecule has 1 saturated carbocycles. The zero-order chi connectivity index (χ0) is 14.3. The van der Waals surface area contributed by atoms with E-state index in [1.807, 2.05) is 0 Å². The molecule has 0 N–H and O–H groups in total. The van der Waals surface area contributed by atoms with Crippen LogP contribution in [0.4, 0.5) is 0 Å². The molecule has 0 spiro atoms. The fourth-order valence-corrected chi connectivity index (χ4v) is 4.26. The number of carbonyl (C=O) groups is 1. The lowest BCUT2D eigenvalue weighted by molar-refractivity contribution is -0.162. The van der Waals surface area contributed by atoms with Crippen LogP contribution >= 0.6 is 0 Å². The van der Waals surface area contributed by atoms with Gasteiger partial charge in [0, 0.05) is 6.92 Å². The van der Waals surface area contributed by atoms with Gasteiger partial charge in [0.05, 0.1) is 0 Å². The van der Waals surface area contributed by atoms with E-state index in [2.05, 4.69) is 33.8 Å². The van der Waals surface area contributed by atoms with Crippen molar-refractivity contribution in [1.82, 2.24) is 0 Å². The summed E-state index contributed by atoms with van der Waals surface area (Å²) in [5.41, 5.74) is 1.70. The second-order valence-corrected chi connectivity index (χ2v) is 7.36. The summed E-state index contributed by atoms with van der Waals surface area (Å²) in [6.07, 6.45) is 8.57. The molecule has 0 aromatic heterocycles. The van der Waals surface area contributed by atoms with Gasteiger partial charge >= 0.3 is 5.97 Å². The van der Waals surface area contributed by atoms with Crippen LogP contribution in [-0.4, -0.2) is 11.6 Å². The average molecular weight is 264 g/mol. The van der Waals surface area contributed by atoms with Crippen LogP contribution in [0.3, 0.4) is 0 Å². The Labute approximate surface area is 117 Å². The number of ether oxygens (including phenoxy) is 1. The minimum absolute atomic E-state index is 0.158. The van der Waals surface area contributed by atoms with Crippen molar-refractivity contribution >= 4 is 5.97 Å². The van der Waals surface area contributed by atoms with Crippen LogP contribution in [0.5, 0.6) is 0 Å². The molecular weight excluding hydrogens is 236 g/mol. The Kier molecular flexibility index (Phi) is 3.81. The van der Waals surface area contributed by atoms with E-state index < -0.39 is 0 Å². The van der Waals surface area contributed by atoms with Crippen LogP contribution in [0, 0.1) is 17.3 Å². The smallest absolute Gasteiger partial charge is 0.303 e. The first kappa shape index (κ1) is 14.6. The van der Waals surface area contributed by atoms with Crippen molar-refractivity contribution in [1.29, 1.82) is 0 Å². The first-order valence-corrected chi connectivity index (χ1v) is 7.61. The molecule has 3 unspecified atom stereocenters. The van der Waals surface area contributed by atoms with Crippen LogP contribution in [0.2, 0.25) is 0 Å². The van der Waals surface area contributed by atoms with Gasteiger partial charge in [-0.05, 0) is 70.1 Å². The second-order valence-electron chi connectivity index (χ2n) is 7.36. The van der Waals surface area contributed by atoms with Crippen LogP contribution in [0.25, 0.3) is 0 Å². The summed E-state index contributed by atoms with van der Waals surface area (Å²) in [6, 6.07) is 0. The molecule has 19 heavy (non-hydrogen) atoms. The third-order valence-corrected chi connectivity index (χ3v) is 5.55. The number of carbonyl (C=O) groups excluding carboxylic acids is 1. The molecule has 0 heterocycles. The standard InChI is InChI=1S/C17H28O2/c1-12-7-6-9-17(5)10-8-14(11-15(12)17)16(3,4)19-13(2)18/h7,14-15H,6,8-11H2,1-5H3. The highest BCUT2D eigenvalue weighted by atomic mass is 16.6. The van der Waals surface area contributed by atoms with Crippen molar-refractivity contribution in [2.24, 2.45) is 17.3 Å². The first-order valence-electron chi connectivity index (χ1n) is 7.61. The normalized spacial score (nSPS) is 35.3. The van der Waals surface area contributed by atoms with Gasteiger partial charge in [-0.1, -0.05) is 18.6 Å². The van der Waals surface area contributed by atoms with Crippen LogP contribution in [0.1, 0.15) is 66.7 Å². The fraction of sp³-hybridized carbons (Fsp3) is 0.824. The van der Waals surface area contributed by atoms with Crippen molar-refractivity contribution in [3.05, 3.63) is 11.6 Å². The van der Waals surface area contributed by atoms with Crippen molar-refractivity contribution in [2.45, 2.75) is 72.3 Å². The van der Waals surface area contributed by atoms with E-state index in [1.165, 1.54) is 39.0 Å². The molecule has 0 radical (unpaired) electrons. The van der Waals surface area contributed by atoms with Crippen LogP contribution in [0.15, 0.2) is 11.6 Å². The highest BCUT2D eigenvalue weighted by Crippen LogP contribution is 2.54. The van der Waals surface area contributed by atoms with E-state index in [1.54, 1.807) is 5.57 Å². The molecule has 0 aromatic carbocycles. The van der Waals surface area contributed by atoms with Gasteiger partial charge in [0.15, 0.2) is 0 Å². The van der Waals surface area contributed by atoms with E-state index in [9.17, 15) is 4.79 Å². The Morgan fingerprint density at radius 3 is 2.74 bits per heavy atom. The molecular formula is C17H28O2. The number of allylic oxidation sites excluding steroid dienone is 2. The lowest BCUT2D eigenvalue weighted by Crippen LogP contribution is -2.45. The zero-order valence-electron chi connectivity index (χ0n) is 13.1. The van der Waals surface area contributed by atoms with Crippen molar-refractivity contribution in [2.75, 3.05) is 0 Å². The Balaban J connectivity index is 2.14. The molecule has 2 aliphatic carbocycles. The molecule has 0 aliphatic heterocycles. The minimum Gasteiger partial charge on any atom is -0.460 e. The lowest BCUT2D eigenvalue weighted by Gasteiger charge is -2.50. The number of rotatable bonds is 2. The predicted molar refractivity (Wildman–Crippen MR) is 77.8 cm³/mol. The summed E-state index contributed by atoms with van der Waals surface area (Å²) in [6.45, 7) is 10.4. The van der Waals surface area contributed by atoms with E-state index in [0.717, 1.165) is 0 Å². The monoisotopic (exact) mass is 264 g/mol. The maximum atomic E-state index is 11.3. The molecule has 3 atom stereocenters. The molecule has 2 nitrogen and oxygen atoms in total. The number of fused-ring (bicyclic) bond motifs is 1. The maximum absolute atomic E-state index is 11.3. The molecule has 0 aromatic rings. The largest absolute Gasteiger partial charge is 0.460 e. The molecule has 2 aliphatic rings. The summed E-state index contributed by atoms with van der Waals surface area (Å²) >= 11 is 0. The van der Waals surface area contributed by atoms with E-state index in [0.29, 0.717) is 17.3 Å². The van der Waals surface area contributed by atoms with Crippen molar-refractivity contribution in [3.63, 3.8) is 0 Å². The molecule has 2 heteroatoms. The van der Waals surface area contributed by atoms with Crippen LogP contribution in [-0.2, 0) is 9.53 Å². The average Bonchev–Trinajstić information content (AvgIpc) is 2.26. The third-order valence-electron chi connectivity index (χ3n) is 5.55. The Morgan fingerprint density at radius 1 is 1.42 bits per heavy atom. The van der Waals surface area contributed by atoms with E-state index >= 15 is 0 Å². The minimum atomic E-state index is -0.328. The zero-order valence-corrected chi connectivity index (χ0v) is 13.1. The molecule has 108 valence electrons. The molecule has 0 saturated heterocycles. The molecule has 0 amide bonds. The molecule has 2 rings (SSSR count). The fourth-order valence-electron chi connectivity index (χ4n) is 4.26. The van der Waals surface area contributed by atoms with Gasteiger partial charge in [-0.3, -0.25) is 4.79 Å². The van der Waals surface area contributed by atoms with Gasteiger partial charge in [0.2, 0.25) is 0 Å². The highest BCUT2D eigenvalue weighted by Gasteiger charge is 2.46. The first-order chi connectivity index (χ1) is 8.74. The quantitative estimate of drug-likeness (QED) is 0.542. The summed E-state index contributed by atoms with van der Waals surface area (Å²) in [5, 5.41) is 0. The second kappa shape index (κ2) is 4.96. The van der Waals surface area contributed by atoms with Crippen LogP contribution < -0.4 is 0 Å². The highest BCUT2D eigenvalue weighted by molar-refractivity contribution is 5.66. The lowest BCUT2D eigenvalue weighted by atomic mass is 9.56. The van der Waals surface area contributed by atoms with Crippen molar-refractivity contribution < 1.29 is 9.53 Å². The number of hydrogen-bond donors (Lipinski definition) is 0. The predicted octanol–water partition coefficient (Wildman–Crippen LogP) is 4.49. The van der Waals surface area contributed by atoms with Gasteiger partial charge in [0.25, 0.3) is 0 Å². The van der Waals surface area contributed by atoms with Gasteiger partial charge < -0.3 is 4.74 Å². The van der Waals surface area contributed by atoms with Gasteiger partial charge in [-0.2, -0.15) is 0 Å². The number of esters is 1. The number of hydrogen-bond acceptors (Lipinski definition) is 2. The van der Waals surface area contributed by atoms with Gasteiger partial charge in [0.1, 0.15) is 5.60 Å². The Morgan fingerprint density at radius 2 is 2.11 bits per heavy atom. The Hall–Kier alpha value is -0.790. The topological polar surface area (TPSA) is 26.3 Å². The summed E-state index contributed by atoms with van der Waals surface area (Å²) in [7, 11) is 0. The van der Waals surface area contributed by atoms with E-state index in [4.69, 9.17) is 4.74 Å². The van der Waals surface area contributed by atoms with Gasteiger partial charge in [-0.15, -0.1) is 0 Å². The van der Waals surface area contributed by atoms with Crippen molar-refractivity contribution in [3.8, 4) is 0 Å². The summed E-state index contributed by atoms with van der Waals surface area (Å²) in [4.78, 5) is 11.3. The molecule has 1 fully saturated rings. The maximum Gasteiger partial charge on any atom is 0.303 e.